The average molecular weight is 279 g/mol. The molecule has 0 saturated heterocycles. The van der Waals surface area contributed by atoms with Crippen LogP contribution in [0, 0.1) is 5.92 Å². The molecule has 0 aliphatic rings. The molecule has 0 aromatic heterocycles. The van der Waals surface area contributed by atoms with Crippen LogP contribution in [0.25, 0.3) is 0 Å². The number of benzene rings is 1. The van der Waals surface area contributed by atoms with E-state index in [2.05, 4.69) is 19.0 Å². The Morgan fingerprint density at radius 3 is 2.15 bits per heavy atom. The van der Waals surface area contributed by atoms with Gasteiger partial charge in [-0.2, -0.15) is 0 Å². The van der Waals surface area contributed by atoms with Crippen LogP contribution >= 0.6 is 0 Å². The summed E-state index contributed by atoms with van der Waals surface area (Å²) in [6, 6.07) is 5.62. The predicted octanol–water partition coefficient (Wildman–Crippen LogP) is 4.10. The Morgan fingerprint density at radius 2 is 1.70 bits per heavy atom. The van der Waals surface area contributed by atoms with Gasteiger partial charge in [0.25, 0.3) is 0 Å². The first kappa shape index (κ1) is 16.3. The minimum atomic E-state index is 0.271. The van der Waals surface area contributed by atoms with E-state index in [1.165, 1.54) is 0 Å². The molecule has 1 aromatic carbocycles. The third kappa shape index (κ3) is 3.89. The SMILES string of the molecule is CCCC(CCC)C(=NO)c1ccc(OC)c(OC)c1. The zero-order valence-electron chi connectivity index (χ0n) is 12.8. The predicted molar refractivity (Wildman–Crippen MR) is 81.2 cm³/mol. The third-order valence-corrected chi connectivity index (χ3v) is 3.45. The lowest BCUT2D eigenvalue weighted by Crippen LogP contribution is -2.16. The van der Waals surface area contributed by atoms with E-state index in [0.717, 1.165) is 37.0 Å². The summed E-state index contributed by atoms with van der Waals surface area (Å²) >= 11 is 0. The summed E-state index contributed by atoms with van der Waals surface area (Å²) < 4.78 is 10.5. The van der Waals surface area contributed by atoms with Crippen molar-refractivity contribution < 1.29 is 14.7 Å². The van der Waals surface area contributed by atoms with Gasteiger partial charge in [0.15, 0.2) is 11.5 Å². The van der Waals surface area contributed by atoms with E-state index >= 15 is 0 Å². The van der Waals surface area contributed by atoms with E-state index in [9.17, 15) is 5.21 Å². The molecule has 0 saturated carbocycles. The maximum Gasteiger partial charge on any atom is 0.161 e. The number of nitrogens with zero attached hydrogens (tertiary/aromatic N) is 1. The number of rotatable bonds is 8. The van der Waals surface area contributed by atoms with E-state index in [1.54, 1.807) is 14.2 Å². The van der Waals surface area contributed by atoms with Crippen LogP contribution < -0.4 is 9.47 Å². The fourth-order valence-corrected chi connectivity index (χ4v) is 2.49. The van der Waals surface area contributed by atoms with Gasteiger partial charge >= 0.3 is 0 Å². The van der Waals surface area contributed by atoms with Crippen molar-refractivity contribution in [1.82, 2.24) is 0 Å². The van der Waals surface area contributed by atoms with E-state index in [4.69, 9.17) is 9.47 Å². The minimum absolute atomic E-state index is 0.271. The van der Waals surface area contributed by atoms with Crippen LogP contribution in [0.5, 0.6) is 11.5 Å². The Balaban J connectivity index is 3.11. The second kappa shape index (κ2) is 8.46. The van der Waals surface area contributed by atoms with Gasteiger partial charge < -0.3 is 14.7 Å². The number of hydrogen-bond acceptors (Lipinski definition) is 4. The van der Waals surface area contributed by atoms with Crippen molar-refractivity contribution in [2.75, 3.05) is 14.2 Å². The van der Waals surface area contributed by atoms with Crippen LogP contribution in [0.3, 0.4) is 0 Å². The van der Waals surface area contributed by atoms with Crippen molar-refractivity contribution in [2.45, 2.75) is 39.5 Å². The Bertz CT molecular complexity index is 437. The second-order valence-electron chi connectivity index (χ2n) is 4.83. The zero-order chi connectivity index (χ0) is 15.0. The lowest BCUT2D eigenvalue weighted by molar-refractivity contribution is 0.313. The van der Waals surface area contributed by atoms with Crippen LogP contribution in [0.4, 0.5) is 0 Å². The molecule has 0 unspecified atom stereocenters. The van der Waals surface area contributed by atoms with Crippen molar-refractivity contribution in [2.24, 2.45) is 11.1 Å². The largest absolute Gasteiger partial charge is 0.493 e. The molecule has 0 heterocycles. The number of methoxy groups -OCH3 is 2. The van der Waals surface area contributed by atoms with Crippen molar-refractivity contribution in [3.63, 3.8) is 0 Å². The normalized spacial score (nSPS) is 11.8. The summed E-state index contributed by atoms with van der Waals surface area (Å²) in [5.41, 5.74) is 1.62. The van der Waals surface area contributed by atoms with E-state index in [0.29, 0.717) is 11.5 Å². The van der Waals surface area contributed by atoms with Gasteiger partial charge in [-0.1, -0.05) is 31.8 Å². The van der Waals surface area contributed by atoms with Crippen molar-refractivity contribution >= 4 is 5.71 Å². The highest BCUT2D eigenvalue weighted by Gasteiger charge is 2.18. The first-order valence-electron chi connectivity index (χ1n) is 7.16. The molecule has 4 nitrogen and oxygen atoms in total. The molecule has 0 atom stereocenters. The molecule has 20 heavy (non-hydrogen) atoms. The molecule has 112 valence electrons. The molecule has 4 heteroatoms. The van der Waals surface area contributed by atoms with Gasteiger partial charge in [0, 0.05) is 11.5 Å². The summed E-state index contributed by atoms with van der Waals surface area (Å²) in [6.45, 7) is 4.29. The van der Waals surface area contributed by atoms with E-state index < -0.39 is 0 Å². The molecule has 0 aliphatic heterocycles. The molecular weight excluding hydrogens is 254 g/mol. The molecule has 1 rings (SSSR count). The first-order chi connectivity index (χ1) is 9.71. The van der Waals surface area contributed by atoms with Crippen molar-refractivity contribution in [1.29, 1.82) is 0 Å². The molecule has 1 N–H and O–H groups in total. The summed E-state index contributed by atoms with van der Waals surface area (Å²) in [5, 5.41) is 13.0. The highest BCUT2D eigenvalue weighted by Crippen LogP contribution is 2.30. The van der Waals surface area contributed by atoms with Crippen molar-refractivity contribution in [3.8, 4) is 11.5 Å². The molecule has 0 radical (unpaired) electrons. The molecule has 0 bridgehead atoms. The summed E-state index contributed by atoms with van der Waals surface area (Å²) in [6.07, 6.45) is 4.16. The van der Waals surface area contributed by atoms with Gasteiger partial charge in [-0.15, -0.1) is 0 Å². The standard InChI is InChI=1S/C16H25NO3/c1-5-7-12(8-6-2)16(17-18)13-9-10-14(19-3)15(11-13)20-4/h9-12,18H,5-8H2,1-4H3. The Hall–Kier alpha value is -1.71. The van der Waals surface area contributed by atoms with Crippen LogP contribution in [0.15, 0.2) is 23.4 Å². The van der Waals surface area contributed by atoms with Crippen molar-refractivity contribution in [3.05, 3.63) is 23.8 Å². The summed E-state index contributed by atoms with van der Waals surface area (Å²) in [5.74, 6) is 1.60. The van der Waals surface area contributed by atoms with E-state index in [-0.39, 0.29) is 5.92 Å². The molecule has 0 amide bonds. The topological polar surface area (TPSA) is 51.1 Å². The average Bonchev–Trinajstić information content (AvgIpc) is 2.48. The molecule has 0 spiro atoms. The van der Waals surface area contributed by atoms with Crippen LogP contribution in [-0.2, 0) is 0 Å². The summed E-state index contributed by atoms with van der Waals surface area (Å²) in [4.78, 5) is 0. The lowest BCUT2D eigenvalue weighted by Gasteiger charge is -2.18. The first-order valence-corrected chi connectivity index (χ1v) is 7.16. The van der Waals surface area contributed by atoms with E-state index in [1.807, 2.05) is 18.2 Å². The fourth-order valence-electron chi connectivity index (χ4n) is 2.49. The quantitative estimate of drug-likeness (QED) is 0.443. The van der Waals surface area contributed by atoms with Crippen LogP contribution in [-0.4, -0.2) is 25.1 Å². The number of oxime groups is 1. The smallest absolute Gasteiger partial charge is 0.161 e. The van der Waals surface area contributed by atoms with Crippen LogP contribution in [0.2, 0.25) is 0 Å². The molecule has 1 aromatic rings. The Morgan fingerprint density at radius 1 is 1.10 bits per heavy atom. The van der Waals surface area contributed by atoms with Gasteiger partial charge in [0.1, 0.15) is 0 Å². The van der Waals surface area contributed by atoms with Gasteiger partial charge in [-0.05, 0) is 31.0 Å². The highest BCUT2D eigenvalue weighted by atomic mass is 16.5. The summed E-state index contributed by atoms with van der Waals surface area (Å²) in [7, 11) is 3.21. The maximum absolute atomic E-state index is 9.41. The highest BCUT2D eigenvalue weighted by molar-refractivity contribution is 6.02. The van der Waals surface area contributed by atoms with Gasteiger partial charge in [0.2, 0.25) is 0 Å². The lowest BCUT2D eigenvalue weighted by atomic mass is 9.89. The zero-order valence-corrected chi connectivity index (χ0v) is 12.8. The molecular formula is C16H25NO3. The molecule has 0 fully saturated rings. The molecule has 0 aliphatic carbocycles. The maximum atomic E-state index is 9.41. The number of hydrogen-bond donors (Lipinski definition) is 1. The monoisotopic (exact) mass is 279 g/mol. The second-order valence-corrected chi connectivity index (χ2v) is 4.83. The third-order valence-electron chi connectivity index (χ3n) is 3.45. The van der Waals surface area contributed by atoms with Crippen LogP contribution in [0.1, 0.15) is 45.1 Å². The van der Waals surface area contributed by atoms with Gasteiger partial charge in [-0.25, -0.2) is 0 Å². The van der Waals surface area contributed by atoms with Gasteiger partial charge in [-0.3, -0.25) is 0 Å². The Kier molecular flexibility index (Phi) is 6.91. The fraction of sp³-hybridized carbons (Fsp3) is 0.562. The number of ether oxygens (including phenoxy) is 2. The minimum Gasteiger partial charge on any atom is -0.493 e. The van der Waals surface area contributed by atoms with Gasteiger partial charge in [0.05, 0.1) is 19.9 Å². The Labute approximate surface area is 121 Å².